The predicted molar refractivity (Wildman–Crippen MR) is 78.8 cm³/mol. The average Bonchev–Trinajstić information content (AvgIpc) is 2.45. The van der Waals surface area contributed by atoms with Gasteiger partial charge in [-0.25, -0.2) is 0 Å². The van der Waals surface area contributed by atoms with Crippen molar-refractivity contribution in [3.63, 3.8) is 0 Å². The van der Waals surface area contributed by atoms with E-state index in [-0.39, 0.29) is 11.9 Å². The van der Waals surface area contributed by atoms with Gasteiger partial charge in [-0.05, 0) is 18.9 Å². The Hall–Kier alpha value is -2.45. The number of hydrogen-bond donors (Lipinski definition) is 1. The molecule has 1 aliphatic rings. The van der Waals surface area contributed by atoms with Gasteiger partial charge < -0.3 is 15.0 Å². The first-order chi connectivity index (χ1) is 10.9. The van der Waals surface area contributed by atoms with Gasteiger partial charge in [0.25, 0.3) is 0 Å². The van der Waals surface area contributed by atoms with Crippen molar-refractivity contribution in [2.45, 2.75) is 32.4 Å². The Balaban J connectivity index is 2.21. The van der Waals surface area contributed by atoms with Crippen molar-refractivity contribution < 1.29 is 23.2 Å². The number of nitrogens with zero attached hydrogens (tertiary/aromatic N) is 2. The van der Waals surface area contributed by atoms with E-state index in [4.69, 9.17) is 0 Å². The van der Waals surface area contributed by atoms with Gasteiger partial charge in [0.15, 0.2) is 0 Å². The molecule has 1 N–H and O–H groups in total. The molecule has 0 spiro atoms. The van der Waals surface area contributed by atoms with Gasteiger partial charge in [0.2, 0.25) is 11.7 Å². The number of piperidine rings is 1. The number of nitro groups is 1. The maximum absolute atomic E-state index is 12.4. The summed E-state index contributed by atoms with van der Waals surface area (Å²) in [5.74, 6) is -0.605. The maximum atomic E-state index is 12.4. The lowest BCUT2D eigenvalue weighted by molar-refractivity contribution is -0.386. The van der Waals surface area contributed by atoms with E-state index < -0.39 is 23.0 Å². The van der Waals surface area contributed by atoms with Gasteiger partial charge in [0.05, 0.1) is 4.92 Å². The van der Waals surface area contributed by atoms with Gasteiger partial charge >= 0.3 is 12.3 Å². The molecule has 0 bridgehead atoms. The SMILES string of the molecule is CC(=O)N[C@H]1CCCN(c2ccc([N+](=O)[O-])c(OC(F)F)c2)C1. The molecule has 126 valence electrons. The standard InChI is InChI=1S/C14H17F2N3O4/c1-9(20)17-10-3-2-6-18(8-10)11-4-5-12(19(21)22)13(7-11)23-14(15)16/h4-5,7,10,14H,2-3,6,8H2,1H3,(H,17,20)/t10-/m0/s1. The van der Waals surface area contributed by atoms with E-state index in [1.54, 1.807) is 0 Å². The van der Waals surface area contributed by atoms with E-state index >= 15 is 0 Å². The number of alkyl halides is 2. The van der Waals surface area contributed by atoms with Crippen LogP contribution in [0.5, 0.6) is 5.75 Å². The number of anilines is 1. The molecule has 1 heterocycles. The summed E-state index contributed by atoms with van der Waals surface area (Å²) < 4.78 is 29.1. The van der Waals surface area contributed by atoms with E-state index in [2.05, 4.69) is 10.1 Å². The third kappa shape index (κ3) is 4.51. The molecule has 0 unspecified atom stereocenters. The maximum Gasteiger partial charge on any atom is 0.387 e. The lowest BCUT2D eigenvalue weighted by Crippen LogP contribution is -2.47. The smallest absolute Gasteiger partial charge is 0.387 e. The molecule has 7 nitrogen and oxygen atoms in total. The fraction of sp³-hybridized carbons (Fsp3) is 0.500. The van der Waals surface area contributed by atoms with Crippen LogP contribution < -0.4 is 15.0 Å². The molecule has 1 aromatic rings. The minimum absolute atomic E-state index is 0.0455. The lowest BCUT2D eigenvalue weighted by atomic mass is 10.0. The quantitative estimate of drug-likeness (QED) is 0.662. The summed E-state index contributed by atoms with van der Waals surface area (Å²) in [6.45, 7) is -0.537. The highest BCUT2D eigenvalue weighted by atomic mass is 19.3. The normalized spacial score (nSPS) is 17.9. The topological polar surface area (TPSA) is 84.7 Å². The molecule has 2 rings (SSSR count). The van der Waals surface area contributed by atoms with Gasteiger partial charge in [0.1, 0.15) is 0 Å². The molecule has 0 aromatic heterocycles. The Bertz CT molecular complexity index is 597. The van der Waals surface area contributed by atoms with Crippen LogP contribution in [0.1, 0.15) is 19.8 Å². The fourth-order valence-electron chi connectivity index (χ4n) is 2.66. The first-order valence-electron chi connectivity index (χ1n) is 7.12. The number of ether oxygens (including phenoxy) is 1. The first-order valence-corrected chi connectivity index (χ1v) is 7.12. The molecular formula is C14H17F2N3O4. The van der Waals surface area contributed by atoms with Crippen molar-refractivity contribution in [2.75, 3.05) is 18.0 Å². The van der Waals surface area contributed by atoms with Crippen LogP contribution in [-0.4, -0.2) is 36.6 Å². The van der Waals surface area contributed by atoms with E-state index in [0.29, 0.717) is 18.8 Å². The number of hydrogen-bond acceptors (Lipinski definition) is 5. The summed E-state index contributed by atoms with van der Waals surface area (Å²) in [4.78, 5) is 23.1. The van der Waals surface area contributed by atoms with E-state index in [0.717, 1.165) is 18.9 Å². The zero-order valence-electron chi connectivity index (χ0n) is 12.5. The molecule has 0 aliphatic carbocycles. The molecule has 1 fully saturated rings. The number of carbonyl (C=O) groups is 1. The molecule has 0 saturated carbocycles. The van der Waals surface area contributed by atoms with Crippen LogP contribution in [0.4, 0.5) is 20.2 Å². The molecule has 1 amide bonds. The third-order valence-electron chi connectivity index (χ3n) is 3.55. The monoisotopic (exact) mass is 329 g/mol. The Kier molecular flexibility index (Phi) is 5.30. The van der Waals surface area contributed by atoms with Gasteiger partial charge in [-0.2, -0.15) is 8.78 Å². The lowest BCUT2D eigenvalue weighted by Gasteiger charge is -2.34. The molecule has 1 atom stereocenters. The Morgan fingerprint density at radius 3 is 2.87 bits per heavy atom. The Labute approximate surface area is 131 Å². The zero-order valence-corrected chi connectivity index (χ0v) is 12.5. The number of nitro benzene ring substituents is 1. The largest absolute Gasteiger partial charge is 0.427 e. The van der Waals surface area contributed by atoms with Crippen molar-refractivity contribution in [3.8, 4) is 5.75 Å². The zero-order chi connectivity index (χ0) is 17.0. The number of nitrogens with one attached hydrogen (secondary N) is 1. The van der Waals surface area contributed by atoms with Crippen molar-refractivity contribution in [3.05, 3.63) is 28.3 Å². The number of amides is 1. The Morgan fingerprint density at radius 1 is 1.52 bits per heavy atom. The summed E-state index contributed by atoms with van der Waals surface area (Å²) >= 11 is 0. The Morgan fingerprint density at radius 2 is 2.26 bits per heavy atom. The summed E-state index contributed by atoms with van der Waals surface area (Å²) in [6.07, 6.45) is 1.64. The van der Waals surface area contributed by atoms with Gasteiger partial charge in [0, 0.05) is 43.9 Å². The van der Waals surface area contributed by atoms with E-state index in [1.165, 1.54) is 19.1 Å². The van der Waals surface area contributed by atoms with E-state index in [1.807, 2.05) is 4.90 Å². The summed E-state index contributed by atoms with van der Waals surface area (Å²) in [5.41, 5.74) is 0.0331. The van der Waals surface area contributed by atoms with Crippen molar-refractivity contribution in [1.29, 1.82) is 0 Å². The predicted octanol–water partition coefficient (Wildman–Crippen LogP) is 2.30. The van der Waals surface area contributed by atoms with Crippen LogP contribution in [0.25, 0.3) is 0 Å². The number of benzene rings is 1. The highest BCUT2D eigenvalue weighted by Gasteiger charge is 2.24. The molecule has 1 saturated heterocycles. The second-order valence-electron chi connectivity index (χ2n) is 5.27. The van der Waals surface area contributed by atoms with Crippen LogP contribution in [0.15, 0.2) is 18.2 Å². The van der Waals surface area contributed by atoms with Crippen molar-refractivity contribution in [1.82, 2.24) is 5.32 Å². The van der Waals surface area contributed by atoms with Crippen molar-refractivity contribution in [2.24, 2.45) is 0 Å². The minimum atomic E-state index is -3.14. The van der Waals surface area contributed by atoms with Crippen LogP contribution in [-0.2, 0) is 4.79 Å². The number of carbonyl (C=O) groups excluding carboxylic acids is 1. The van der Waals surface area contributed by atoms with E-state index in [9.17, 15) is 23.7 Å². The molecular weight excluding hydrogens is 312 g/mol. The number of rotatable bonds is 5. The molecule has 9 heteroatoms. The van der Waals surface area contributed by atoms with Gasteiger partial charge in [-0.15, -0.1) is 0 Å². The van der Waals surface area contributed by atoms with Crippen molar-refractivity contribution >= 4 is 17.3 Å². The average molecular weight is 329 g/mol. The first kappa shape index (κ1) is 16.9. The van der Waals surface area contributed by atoms with Crippen LogP contribution >= 0.6 is 0 Å². The minimum Gasteiger partial charge on any atom is -0.427 e. The fourth-order valence-corrected chi connectivity index (χ4v) is 2.66. The van der Waals surface area contributed by atoms with Crippen LogP contribution in [0, 0.1) is 10.1 Å². The summed E-state index contributed by atoms with van der Waals surface area (Å²) in [5, 5.41) is 13.7. The highest BCUT2D eigenvalue weighted by molar-refractivity contribution is 5.73. The molecule has 0 radical (unpaired) electrons. The highest BCUT2D eigenvalue weighted by Crippen LogP contribution is 2.33. The molecule has 1 aromatic carbocycles. The molecule has 23 heavy (non-hydrogen) atoms. The second-order valence-corrected chi connectivity index (χ2v) is 5.27. The van der Waals surface area contributed by atoms with Crippen LogP contribution in [0.2, 0.25) is 0 Å². The number of halogens is 2. The summed E-state index contributed by atoms with van der Waals surface area (Å²) in [6, 6.07) is 3.83. The van der Waals surface area contributed by atoms with Crippen LogP contribution in [0.3, 0.4) is 0 Å². The molecule has 1 aliphatic heterocycles. The van der Waals surface area contributed by atoms with Gasteiger partial charge in [-0.1, -0.05) is 0 Å². The summed E-state index contributed by atoms with van der Waals surface area (Å²) in [7, 11) is 0. The second kappa shape index (κ2) is 7.21. The van der Waals surface area contributed by atoms with Gasteiger partial charge in [-0.3, -0.25) is 14.9 Å². The third-order valence-corrected chi connectivity index (χ3v) is 3.55.